The Kier molecular flexibility index (Phi) is 3.09. The van der Waals surface area contributed by atoms with Gasteiger partial charge in [0, 0.05) is 18.8 Å². The van der Waals surface area contributed by atoms with E-state index in [4.69, 9.17) is 5.11 Å². The Labute approximate surface area is 76.7 Å². The largest absolute Gasteiger partial charge is 0.478 e. The van der Waals surface area contributed by atoms with E-state index in [0.717, 1.165) is 17.3 Å². The van der Waals surface area contributed by atoms with Crippen molar-refractivity contribution in [3.63, 3.8) is 0 Å². The molecule has 1 aromatic carbocycles. The third-order valence-electron chi connectivity index (χ3n) is 1.64. The van der Waals surface area contributed by atoms with E-state index < -0.39 is 5.97 Å². The Hall–Kier alpha value is -1.77. The van der Waals surface area contributed by atoms with Gasteiger partial charge in [-0.1, -0.05) is 18.2 Å². The second kappa shape index (κ2) is 4.30. The maximum atomic E-state index is 10.3. The molecule has 0 saturated heterocycles. The highest BCUT2D eigenvalue weighted by atomic mass is 16.4. The smallest absolute Gasteiger partial charge is 0.328 e. The van der Waals surface area contributed by atoms with Crippen LogP contribution in [0.1, 0.15) is 5.56 Å². The van der Waals surface area contributed by atoms with Crippen molar-refractivity contribution in [2.24, 2.45) is 0 Å². The van der Waals surface area contributed by atoms with Gasteiger partial charge in [0.05, 0.1) is 0 Å². The third-order valence-corrected chi connectivity index (χ3v) is 1.64. The number of rotatable bonds is 3. The maximum Gasteiger partial charge on any atom is 0.328 e. The summed E-state index contributed by atoms with van der Waals surface area (Å²) < 4.78 is 0. The Morgan fingerprint density at radius 1 is 1.46 bits per heavy atom. The molecule has 0 unspecified atom stereocenters. The predicted octanol–water partition coefficient (Wildman–Crippen LogP) is 1.83. The summed E-state index contributed by atoms with van der Waals surface area (Å²) in [6, 6.07) is 7.50. The summed E-state index contributed by atoms with van der Waals surface area (Å²) in [5.74, 6) is -0.939. The first-order chi connectivity index (χ1) is 6.24. The van der Waals surface area contributed by atoms with Crippen molar-refractivity contribution in [1.82, 2.24) is 0 Å². The fourth-order valence-corrected chi connectivity index (χ4v) is 1.03. The van der Waals surface area contributed by atoms with Crippen LogP contribution in [-0.4, -0.2) is 18.1 Å². The molecule has 1 aromatic rings. The highest BCUT2D eigenvalue weighted by molar-refractivity contribution is 5.86. The lowest BCUT2D eigenvalue weighted by Crippen LogP contribution is -1.91. The van der Waals surface area contributed by atoms with Gasteiger partial charge < -0.3 is 10.4 Å². The van der Waals surface area contributed by atoms with Crippen molar-refractivity contribution in [2.45, 2.75) is 0 Å². The molecule has 3 nitrogen and oxygen atoms in total. The van der Waals surface area contributed by atoms with E-state index in [1.54, 1.807) is 13.1 Å². The minimum Gasteiger partial charge on any atom is -0.478 e. The quantitative estimate of drug-likeness (QED) is 0.692. The molecule has 0 aliphatic rings. The molecular formula is C10H11NO2. The number of hydrogen-bond donors (Lipinski definition) is 2. The summed E-state index contributed by atoms with van der Waals surface area (Å²) in [4.78, 5) is 10.3. The first-order valence-corrected chi connectivity index (χ1v) is 3.92. The van der Waals surface area contributed by atoms with Crippen LogP contribution >= 0.6 is 0 Å². The lowest BCUT2D eigenvalue weighted by atomic mass is 10.1. The van der Waals surface area contributed by atoms with E-state index in [0.29, 0.717) is 0 Å². The number of aliphatic carboxylic acids is 1. The summed E-state index contributed by atoms with van der Waals surface area (Å²) in [7, 11) is 1.80. The average molecular weight is 177 g/mol. The molecular weight excluding hydrogens is 166 g/mol. The summed E-state index contributed by atoms with van der Waals surface area (Å²) in [6.07, 6.45) is 2.68. The normalized spacial score (nSPS) is 10.2. The number of nitrogens with one attached hydrogen (secondary N) is 1. The molecule has 68 valence electrons. The number of carboxylic acids is 1. The van der Waals surface area contributed by atoms with Crippen LogP contribution < -0.4 is 5.32 Å². The Balaban J connectivity index is 2.93. The number of benzene rings is 1. The molecule has 0 atom stereocenters. The summed E-state index contributed by atoms with van der Waals surface area (Å²) in [6.45, 7) is 0. The van der Waals surface area contributed by atoms with Gasteiger partial charge in [-0.3, -0.25) is 0 Å². The Morgan fingerprint density at radius 2 is 2.15 bits per heavy atom. The molecule has 3 heteroatoms. The van der Waals surface area contributed by atoms with Crippen molar-refractivity contribution < 1.29 is 9.90 Å². The fourth-order valence-electron chi connectivity index (χ4n) is 1.03. The van der Waals surface area contributed by atoms with Crippen LogP contribution in [0.2, 0.25) is 0 Å². The lowest BCUT2D eigenvalue weighted by Gasteiger charge is -2.02. The standard InChI is InChI=1S/C10H11NO2/c1-11-9-5-3-2-4-8(9)6-7-10(12)13/h2-7,11H,1H3,(H,12,13). The summed E-state index contributed by atoms with van der Waals surface area (Å²) >= 11 is 0. The van der Waals surface area contributed by atoms with Crippen molar-refractivity contribution in [2.75, 3.05) is 12.4 Å². The molecule has 0 aromatic heterocycles. The van der Waals surface area contributed by atoms with Crippen LogP contribution in [0, 0.1) is 0 Å². The molecule has 0 saturated carbocycles. The Bertz CT molecular complexity index is 331. The van der Waals surface area contributed by atoms with Gasteiger partial charge in [0.2, 0.25) is 0 Å². The van der Waals surface area contributed by atoms with E-state index in [9.17, 15) is 4.79 Å². The summed E-state index contributed by atoms with van der Waals surface area (Å²) in [5.41, 5.74) is 1.78. The Morgan fingerprint density at radius 3 is 2.77 bits per heavy atom. The molecule has 13 heavy (non-hydrogen) atoms. The van der Waals surface area contributed by atoms with Gasteiger partial charge in [0.15, 0.2) is 0 Å². The van der Waals surface area contributed by atoms with Gasteiger partial charge in [0.1, 0.15) is 0 Å². The molecule has 0 amide bonds. The SMILES string of the molecule is CNc1ccccc1C=CC(=O)O. The highest BCUT2D eigenvalue weighted by Crippen LogP contribution is 2.15. The average Bonchev–Trinajstić information content (AvgIpc) is 2.15. The van der Waals surface area contributed by atoms with Crippen LogP contribution in [0.15, 0.2) is 30.3 Å². The molecule has 0 bridgehead atoms. The number of anilines is 1. The predicted molar refractivity (Wildman–Crippen MR) is 52.7 cm³/mol. The molecule has 2 N–H and O–H groups in total. The third kappa shape index (κ3) is 2.63. The molecule has 0 heterocycles. The van der Waals surface area contributed by atoms with Crippen LogP contribution in [0.5, 0.6) is 0 Å². The van der Waals surface area contributed by atoms with Crippen molar-refractivity contribution in [3.05, 3.63) is 35.9 Å². The second-order valence-corrected chi connectivity index (χ2v) is 2.51. The zero-order valence-electron chi connectivity index (χ0n) is 7.32. The van der Waals surface area contributed by atoms with E-state index in [-0.39, 0.29) is 0 Å². The monoisotopic (exact) mass is 177 g/mol. The number of para-hydroxylation sites is 1. The number of carboxylic acid groups (broad SMARTS) is 1. The molecule has 0 radical (unpaired) electrons. The van der Waals surface area contributed by atoms with Crippen LogP contribution in [0.4, 0.5) is 5.69 Å². The van der Waals surface area contributed by atoms with Crippen LogP contribution in [0.25, 0.3) is 6.08 Å². The topological polar surface area (TPSA) is 49.3 Å². The van der Waals surface area contributed by atoms with Crippen LogP contribution in [0.3, 0.4) is 0 Å². The van der Waals surface area contributed by atoms with E-state index in [1.807, 2.05) is 24.3 Å². The number of carbonyl (C=O) groups is 1. The van der Waals surface area contributed by atoms with Crippen molar-refractivity contribution in [1.29, 1.82) is 0 Å². The van der Waals surface area contributed by atoms with Gasteiger partial charge in [-0.15, -0.1) is 0 Å². The molecule has 1 rings (SSSR count). The van der Waals surface area contributed by atoms with Gasteiger partial charge >= 0.3 is 5.97 Å². The van der Waals surface area contributed by atoms with E-state index in [1.165, 1.54) is 0 Å². The summed E-state index contributed by atoms with van der Waals surface area (Å²) in [5, 5.41) is 11.4. The highest BCUT2D eigenvalue weighted by Gasteiger charge is 1.95. The van der Waals surface area contributed by atoms with Crippen molar-refractivity contribution in [3.8, 4) is 0 Å². The fraction of sp³-hybridized carbons (Fsp3) is 0.100. The van der Waals surface area contributed by atoms with E-state index >= 15 is 0 Å². The van der Waals surface area contributed by atoms with Crippen LogP contribution in [-0.2, 0) is 4.79 Å². The maximum absolute atomic E-state index is 10.3. The molecule has 0 aliphatic carbocycles. The zero-order chi connectivity index (χ0) is 9.68. The zero-order valence-corrected chi connectivity index (χ0v) is 7.32. The molecule has 0 spiro atoms. The minimum atomic E-state index is -0.939. The molecule has 0 fully saturated rings. The van der Waals surface area contributed by atoms with Gasteiger partial charge in [-0.2, -0.15) is 0 Å². The number of hydrogen-bond acceptors (Lipinski definition) is 2. The van der Waals surface area contributed by atoms with E-state index in [2.05, 4.69) is 5.32 Å². The van der Waals surface area contributed by atoms with Gasteiger partial charge in [-0.25, -0.2) is 4.79 Å². The minimum absolute atomic E-state index is 0.868. The molecule has 0 aliphatic heterocycles. The van der Waals surface area contributed by atoms with Gasteiger partial charge in [0.25, 0.3) is 0 Å². The van der Waals surface area contributed by atoms with Crippen molar-refractivity contribution >= 4 is 17.7 Å². The first kappa shape index (κ1) is 9.32. The lowest BCUT2D eigenvalue weighted by molar-refractivity contribution is -0.131. The first-order valence-electron chi connectivity index (χ1n) is 3.92. The van der Waals surface area contributed by atoms with Gasteiger partial charge in [-0.05, 0) is 17.7 Å². The second-order valence-electron chi connectivity index (χ2n) is 2.51.